The average molecular weight is 265 g/mol. The maximum Gasteiger partial charge on any atom is 0.157 e. The minimum Gasteiger partial charge on any atom is -0.324 e. The molecule has 2 N–H and O–H groups in total. The lowest BCUT2D eigenvalue weighted by atomic mass is 10.2. The summed E-state index contributed by atoms with van der Waals surface area (Å²) in [4.78, 5) is 1.00. The van der Waals surface area contributed by atoms with Crippen molar-refractivity contribution in [3.8, 4) is 9.88 Å². The van der Waals surface area contributed by atoms with E-state index in [1.165, 1.54) is 34.8 Å². The molecule has 0 atom stereocenters. The van der Waals surface area contributed by atoms with Crippen molar-refractivity contribution in [3.05, 3.63) is 35.1 Å². The zero-order chi connectivity index (χ0) is 11.8. The van der Waals surface area contributed by atoms with Crippen molar-refractivity contribution in [2.24, 2.45) is 5.73 Å². The number of rotatable bonds is 2. The molecule has 2 aromatic heterocycles. The molecule has 1 aromatic carbocycles. The van der Waals surface area contributed by atoms with Crippen LogP contribution >= 0.6 is 22.7 Å². The second-order valence-electron chi connectivity index (χ2n) is 3.50. The Labute approximate surface area is 105 Å². The van der Waals surface area contributed by atoms with Crippen LogP contribution in [-0.4, -0.2) is 10.2 Å². The van der Waals surface area contributed by atoms with Gasteiger partial charge in [-0.15, -0.1) is 21.5 Å². The second kappa shape index (κ2) is 4.14. The molecule has 3 aromatic rings. The summed E-state index contributed by atoms with van der Waals surface area (Å²) in [6.07, 6.45) is 0. The Morgan fingerprint density at radius 3 is 2.82 bits per heavy atom. The van der Waals surface area contributed by atoms with Crippen molar-refractivity contribution < 1.29 is 4.39 Å². The Bertz CT molecular complexity index is 674. The van der Waals surface area contributed by atoms with Gasteiger partial charge in [-0.05, 0) is 23.6 Å². The summed E-state index contributed by atoms with van der Waals surface area (Å²) in [5.74, 6) is -0.217. The summed E-state index contributed by atoms with van der Waals surface area (Å²) >= 11 is 2.99. The monoisotopic (exact) mass is 265 g/mol. The van der Waals surface area contributed by atoms with E-state index < -0.39 is 0 Å². The topological polar surface area (TPSA) is 51.8 Å². The molecule has 17 heavy (non-hydrogen) atoms. The van der Waals surface area contributed by atoms with E-state index in [0.717, 1.165) is 25.0 Å². The van der Waals surface area contributed by atoms with Gasteiger partial charge in [0.1, 0.15) is 10.8 Å². The van der Waals surface area contributed by atoms with Crippen LogP contribution in [0.1, 0.15) is 5.01 Å². The van der Waals surface area contributed by atoms with Crippen molar-refractivity contribution in [2.45, 2.75) is 6.54 Å². The van der Waals surface area contributed by atoms with Gasteiger partial charge in [-0.1, -0.05) is 17.4 Å². The SMILES string of the molecule is NCc1nnc(-c2cc3ccc(F)cc3s2)s1. The number of halogens is 1. The number of hydrogen-bond acceptors (Lipinski definition) is 5. The highest BCUT2D eigenvalue weighted by Crippen LogP contribution is 2.35. The van der Waals surface area contributed by atoms with Gasteiger partial charge in [-0.2, -0.15) is 0 Å². The summed E-state index contributed by atoms with van der Waals surface area (Å²) in [6, 6.07) is 6.77. The summed E-state index contributed by atoms with van der Waals surface area (Å²) in [7, 11) is 0. The second-order valence-corrected chi connectivity index (χ2v) is 5.64. The molecule has 0 fully saturated rings. The van der Waals surface area contributed by atoms with E-state index in [9.17, 15) is 4.39 Å². The predicted molar refractivity (Wildman–Crippen MR) is 68.6 cm³/mol. The summed E-state index contributed by atoms with van der Waals surface area (Å²) in [5, 5.41) is 10.7. The minimum absolute atomic E-state index is 0.217. The van der Waals surface area contributed by atoms with Crippen molar-refractivity contribution in [1.29, 1.82) is 0 Å². The fraction of sp³-hybridized carbons (Fsp3) is 0.0909. The van der Waals surface area contributed by atoms with Crippen molar-refractivity contribution in [2.75, 3.05) is 0 Å². The molecule has 86 valence electrons. The third kappa shape index (κ3) is 1.95. The maximum atomic E-state index is 13.1. The van der Waals surface area contributed by atoms with Gasteiger partial charge in [-0.3, -0.25) is 0 Å². The van der Waals surface area contributed by atoms with Gasteiger partial charge in [0.25, 0.3) is 0 Å². The van der Waals surface area contributed by atoms with E-state index in [-0.39, 0.29) is 5.82 Å². The molecule has 0 saturated carbocycles. The van der Waals surface area contributed by atoms with Gasteiger partial charge in [0.15, 0.2) is 5.01 Å². The van der Waals surface area contributed by atoms with E-state index in [2.05, 4.69) is 10.2 Å². The average Bonchev–Trinajstić information content (AvgIpc) is 2.93. The third-order valence-electron chi connectivity index (χ3n) is 2.33. The highest BCUT2D eigenvalue weighted by molar-refractivity contribution is 7.25. The van der Waals surface area contributed by atoms with Crippen LogP contribution in [-0.2, 0) is 6.54 Å². The summed E-state index contributed by atoms with van der Waals surface area (Å²) in [6.45, 7) is 0.400. The van der Waals surface area contributed by atoms with Gasteiger partial charge in [0, 0.05) is 11.2 Å². The summed E-state index contributed by atoms with van der Waals surface area (Å²) in [5.41, 5.74) is 5.50. The van der Waals surface area contributed by atoms with Crippen LogP contribution < -0.4 is 5.73 Å². The first-order valence-electron chi connectivity index (χ1n) is 4.98. The normalized spacial score (nSPS) is 11.2. The smallest absolute Gasteiger partial charge is 0.157 e. The van der Waals surface area contributed by atoms with Crippen molar-refractivity contribution >= 4 is 32.8 Å². The number of nitrogens with zero attached hydrogens (tertiary/aromatic N) is 2. The molecule has 2 heterocycles. The number of aromatic nitrogens is 2. The van der Waals surface area contributed by atoms with Crippen molar-refractivity contribution in [3.63, 3.8) is 0 Å². The molecule has 0 aliphatic carbocycles. The Morgan fingerprint density at radius 1 is 1.18 bits per heavy atom. The number of nitrogens with two attached hydrogens (primary N) is 1. The molecule has 0 aliphatic heterocycles. The highest BCUT2D eigenvalue weighted by atomic mass is 32.1. The molecule has 6 heteroatoms. The quantitative estimate of drug-likeness (QED) is 0.775. The van der Waals surface area contributed by atoms with E-state index in [0.29, 0.717) is 6.54 Å². The van der Waals surface area contributed by atoms with Crippen LogP contribution in [0.25, 0.3) is 20.0 Å². The van der Waals surface area contributed by atoms with Gasteiger partial charge < -0.3 is 5.73 Å². The number of fused-ring (bicyclic) bond motifs is 1. The minimum atomic E-state index is -0.217. The predicted octanol–water partition coefficient (Wildman–Crippen LogP) is 3.02. The molecule has 3 rings (SSSR count). The lowest BCUT2D eigenvalue weighted by Gasteiger charge is -1.86. The standard InChI is InChI=1S/C11H8FN3S2/c12-7-2-1-6-3-9(16-8(6)4-7)11-15-14-10(5-13)17-11/h1-4H,5,13H2. The van der Waals surface area contributed by atoms with E-state index in [1.54, 1.807) is 6.07 Å². The zero-order valence-corrected chi connectivity index (χ0v) is 10.3. The lowest BCUT2D eigenvalue weighted by Crippen LogP contribution is -1.94. The molecule has 0 saturated heterocycles. The Hall–Kier alpha value is -1.37. The Balaban J connectivity index is 2.11. The first kappa shape index (κ1) is 10.8. The van der Waals surface area contributed by atoms with Crippen LogP contribution in [0.3, 0.4) is 0 Å². The molecule has 0 spiro atoms. The molecule has 0 bridgehead atoms. The van der Waals surface area contributed by atoms with Crippen molar-refractivity contribution in [1.82, 2.24) is 10.2 Å². The van der Waals surface area contributed by atoms with Gasteiger partial charge >= 0.3 is 0 Å². The van der Waals surface area contributed by atoms with Gasteiger partial charge in [-0.25, -0.2) is 4.39 Å². The molecular weight excluding hydrogens is 257 g/mol. The molecule has 0 radical (unpaired) electrons. The van der Waals surface area contributed by atoms with Crippen LogP contribution in [0.4, 0.5) is 4.39 Å². The lowest BCUT2D eigenvalue weighted by molar-refractivity contribution is 0.630. The zero-order valence-electron chi connectivity index (χ0n) is 8.68. The number of hydrogen-bond donors (Lipinski definition) is 1. The van der Waals surface area contributed by atoms with Crippen LogP contribution in [0.5, 0.6) is 0 Å². The Kier molecular flexibility index (Phi) is 2.62. The fourth-order valence-corrected chi connectivity index (χ4v) is 3.39. The molecule has 0 aliphatic rings. The van der Waals surface area contributed by atoms with Gasteiger partial charge in [0.05, 0.1) is 4.88 Å². The van der Waals surface area contributed by atoms with Crippen LogP contribution in [0.2, 0.25) is 0 Å². The van der Waals surface area contributed by atoms with E-state index >= 15 is 0 Å². The summed E-state index contributed by atoms with van der Waals surface area (Å²) < 4.78 is 14.0. The van der Waals surface area contributed by atoms with Crippen LogP contribution in [0, 0.1) is 5.82 Å². The first-order valence-corrected chi connectivity index (χ1v) is 6.61. The molecule has 0 amide bonds. The first-order chi connectivity index (χ1) is 8.26. The van der Waals surface area contributed by atoms with Gasteiger partial charge in [0.2, 0.25) is 0 Å². The number of benzene rings is 1. The number of thiophene rings is 1. The Morgan fingerprint density at radius 2 is 2.06 bits per heavy atom. The van der Waals surface area contributed by atoms with E-state index in [4.69, 9.17) is 5.73 Å². The third-order valence-corrected chi connectivity index (χ3v) is 4.55. The molecular formula is C11H8FN3S2. The largest absolute Gasteiger partial charge is 0.324 e. The van der Waals surface area contributed by atoms with E-state index in [1.807, 2.05) is 6.07 Å². The molecule has 0 unspecified atom stereocenters. The highest BCUT2D eigenvalue weighted by Gasteiger charge is 2.09. The fourth-order valence-electron chi connectivity index (χ4n) is 1.55. The molecule has 3 nitrogen and oxygen atoms in total. The van der Waals surface area contributed by atoms with Crippen LogP contribution in [0.15, 0.2) is 24.3 Å². The maximum absolute atomic E-state index is 13.1.